The van der Waals surface area contributed by atoms with Gasteiger partial charge in [0, 0.05) is 32.4 Å². The van der Waals surface area contributed by atoms with Crippen molar-refractivity contribution in [1.82, 2.24) is 14.8 Å². The number of pyridine rings is 1. The number of carbonyl (C=O) groups is 2. The summed E-state index contributed by atoms with van der Waals surface area (Å²) in [6, 6.07) is 3.69. The minimum atomic E-state index is -0.147. The first kappa shape index (κ1) is 18.2. The van der Waals surface area contributed by atoms with Crippen LogP contribution in [-0.4, -0.2) is 58.0 Å². The Morgan fingerprint density at radius 3 is 2.16 bits per heavy atom. The largest absolute Gasteiger partial charge is 0.342 e. The lowest BCUT2D eigenvalue weighted by Gasteiger charge is -2.23. The molecule has 6 heteroatoms. The van der Waals surface area contributed by atoms with E-state index in [0.29, 0.717) is 5.56 Å². The van der Waals surface area contributed by atoms with Crippen molar-refractivity contribution in [2.45, 2.75) is 55.7 Å². The molecule has 5 nitrogen and oxygen atoms in total. The van der Waals surface area contributed by atoms with Gasteiger partial charge < -0.3 is 9.80 Å². The third-order valence-electron chi connectivity index (χ3n) is 4.94. The van der Waals surface area contributed by atoms with Crippen molar-refractivity contribution < 1.29 is 9.59 Å². The summed E-state index contributed by atoms with van der Waals surface area (Å²) in [7, 11) is 0. The third kappa shape index (κ3) is 4.75. The van der Waals surface area contributed by atoms with Gasteiger partial charge in [-0.25, -0.2) is 4.98 Å². The molecule has 1 unspecified atom stereocenters. The van der Waals surface area contributed by atoms with Gasteiger partial charge in [-0.2, -0.15) is 0 Å². The van der Waals surface area contributed by atoms with E-state index in [1.807, 2.05) is 28.9 Å². The van der Waals surface area contributed by atoms with E-state index in [2.05, 4.69) is 4.98 Å². The number of nitrogens with zero attached hydrogens (tertiary/aromatic N) is 3. The average molecular weight is 362 g/mol. The van der Waals surface area contributed by atoms with Crippen LogP contribution in [0.3, 0.4) is 0 Å². The fraction of sp³-hybridized carbons (Fsp3) is 0.632. The highest BCUT2D eigenvalue weighted by atomic mass is 32.2. The second kappa shape index (κ2) is 8.70. The van der Waals surface area contributed by atoms with Crippen LogP contribution in [-0.2, 0) is 4.79 Å². The van der Waals surface area contributed by atoms with E-state index in [-0.39, 0.29) is 17.1 Å². The lowest BCUT2D eigenvalue weighted by Crippen LogP contribution is -2.37. The van der Waals surface area contributed by atoms with Crippen LogP contribution >= 0.6 is 11.8 Å². The SMILES string of the molecule is CC(Sc1ccc(C(=O)N2CCCC2)cn1)C(=O)N1CCCCCC1. The second-order valence-electron chi connectivity index (χ2n) is 6.88. The van der Waals surface area contributed by atoms with Gasteiger partial charge in [-0.3, -0.25) is 9.59 Å². The van der Waals surface area contributed by atoms with Crippen molar-refractivity contribution in [2.24, 2.45) is 0 Å². The molecule has 0 N–H and O–H groups in total. The summed E-state index contributed by atoms with van der Waals surface area (Å²) in [4.78, 5) is 33.2. The van der Waals surface area contributed by atoms with Crippen molar-refractivity contribution in [1.29, 1.82) is 0 Å². The van der Waals surface area contributed by atoms with E-state index in [9.17, 15) is 9.59 Å². The molecular formula is C19H27N3O2S. The van der Waals surface area contributed by atoms with Gasteiger partial charge in [0.25, 0.3) is 5.91 Å². The monoisotopic (exact) mass is 361 g/mol. The Balaban J connectivity index is 1.56. The predicted molar refractivity (Wildman–Crippen MR) is 99.7 cm³/mol. The molecule has 0 aromatic carbocycles. The normalized spacial score (nSPS) is 19.6. The zero-order valence-corrected chi connectivity index (χ0v) is 15.8. The first-order chi connectivity index (χ1) is 12.1. The number of thioether (sulfide) groups is 1. The van der Waals surface area contributed by atoms with Crippen LogP contribution < -0.4 is 0 Å². The highest BCUT2D eigenvalue weighted by Crippen LogP contribution is 2.24. The maximum absolute atomic E-state index is 12.6. The van der Waals surface area contributed by atoms with Gasteiger partial charge in [0.05, 0.1) is 15.8 Å². The standard InChI is InChI=1S/C19H27N3O2S/c1-15(18(23)21-10-4-2-3-5-11-21)25-17-9-8-16(14-20-17)19(24)22-12-6-7-13-22/h8-9,14-15H,2-7,10-13H2,1H3. The quantitative estimate of drug-likeness (QED) is 0.773. The Morgan fingerprint density at radius 1 is 0.960 bits per heavy atom. The Labute approximate surface area is 154 Å². The van der Waals surface area contributed by atoms with E-state index >= 15 is 0 Å². The summed E-state index contributed by atoms with van der Waals surface area (Å²) < 4.78 is 0. The van der Waals surface area contributed by atoms with E-state index in [1.54, 1.807) is 6.20 Å². The summed E-state index contributed by atoms with van der Waals surface area (Å²) in [6.45, 7) is 5.39. The summed E-state index contributed by atoms with van der Waals surface area (Å²) in [5.41, 5.74) is 0.637. The zero-order valence-electron chi connectivity index (χ0n) is 14.9. The molecule has 25 heavy (non-hydrogen) atoms. The molecule has 2 saturated heterocycles. The summed E-state index contributed by atoms with van der Waals surface area (Å²) in [6.07, 6.45) is 8.47. The fourth-order valence-corrected chi connectivity index (χ4v) is 4.33. The lowest BCUT2D eigenvalue weighted by atomic mass is 10.2. The molecule has 1 aromatic rings. The maximum Gasteiger partial charge on any atom is 0.255 e. The molecule has 0 saturated carbocycles. The summed E-state index contributed by atoms with van der Waals surface area (Å²) >= 11 is 1.48. The molecule has 2 fully saturated rings. The number of hydrogen-bond acceptors (Lipinski definition) is 4. The molecule has 1 aromatic heterocycles. The molecule has 136 valence electrons. The van der Waals surface area contributed by atoms with E-state index in [1.165, 1.54) is 24.6 Å². The van der Waals surface area contributed by atoms with Crippen molar-refractivity contribution >= 4 is 23.6 Å². The third-order valence-corrected chi connectivity index (χ3v) is 5.98. The van der Waals surface area contributed by atoms with Crippen molar-refractivity contribution in [3.63, 3.8) is 0 Å². The Hall–Kier alpha value is -1.56. The number of aromatic nitrogens is 1. The molecule has 0 spiro atoms. The maximum atomic E-state index is 12.6. The predicted octanol–water partition coefficient (Wildman–Crippen LogP) is 3.20. The van der Waals surface area contributed by atoms with Gasteiger partial charge in [-0.05, 0) is 44.7 Å². The van der Waals surface area contributed by atoms with Gasteiger partial charge in [-0.15, -0.1) is 0 Å². The molecule has 0 radical (unpaired) electrons. The van der Waals surface area contributed by atoms with Gasteiger partial charge >= 0.3 is 0 Å². The van der Waals surface area contributed by atoms with E-state index < -0.39 is 0 Å². The zero-order chi connectivity index (χ0) is 17.6. The number of rotatable bonds is 4. The minimum absolute atomic E-state index is 0.0650. The number of hydrogen-bond donors (Lipinski definition) is 0. The van der Waals surface area contributed by atoms with Crippen LogP contribution in [0.2, 0.25) is 0 Å². The van der Waals surface area contributed by atoms with Crippen LogP contribution in [0, 0.1) is 0 Å². The van der Waals surface area contributed by atoms with Gasteiger partial charge in [0.2, 0.25) is 5.91 Å². The molecule has 2 aliphatic rings. The van der Waals surface area contributed by atoms with Crippen LogP contribution in [0.5, 0.6) is 0 Å². The number of amides is 2. The highest BCUT2D eigenvalue weighted by molar-refractivity contribution is 8.00. The topological polar surface area (TPSA) is 53.5 Å². The Bertz CT molecular complexity index is 591. The molecule has 2 amide bonds. The molecule has 0 aliphatic carbocycles. The van der Waals surface area contributed by atoms with Gasteiger partial charge in [0.1, 0.15) is 0 Å². The summed E-state index contributed by atoms with van der Waals surface area (Å²) in [5.74, 6) is 0.265. The van der Waals surface area contributed by atoms with E-state index in [4.69, 9.17) is 0 Å². The molecule has 1 atom stereocenters. The number of carbonyl (C=O) groups excluding carboxylic acids is 2. The van der Waals surface area contributed by atoms with Crippen LogP contribution in [0.15, 0.2) is 23.4 Å². The minimum Gasteiger partial charge on any atom is -0.342 e. The van der Waals surface area contributed by atoms with Crippen LogP contribution in [0.4, 0.5) is 0 Å². The summed E-state index contributed by atoms with van der Waals surface area (Å²) in [5, 5.41) is 0.652. The van der Waals surface area contributed by atoms with E-state index in [0.717, 1.165) is 56.9 Å². The van der Waals surface area contributed by atoms with Crippen LogP contribution in [0.25, 0.3) is 0 Å². The fourth-order valence-electron chi connectivity index (χ4n) is 3.46. The first-order valence-electron chi connectivity index (χ1n) is 9.36. The van der Waals surface area contributed by atoms with Gasteiger partial charge in [0.15, 0.2) is 0 Å². The van der Waals surface area contributed by atoms with Crippen molar-refractivity contribution in [2.75, 3.05) is 26.2 Å². The molecule has 3 rings (SSSR count). The molecule has 3 heterocycles. The number of likely N-dealkylation sites (tertiary alicyclic amines) is 2. The Morgan fingerprint density at radius 2 is 1.56 bits per heavy atom. The average Bonchev–Trinajstić information content (AvgIpc) is 3.03. The molecule has 2 aliphatic heterocycles. The smallest absolute Gasteiger partial charge is 0.255 e. The highest BCUT2D eigenvalue weighted by Gasteiger charge is 2.23. The second-order valence-corrected chi connectivity index (χ2v) is 8.25. The van der Waals surface area contributed by atoms with Crippen molar-refractivity contribution in [3.05, 3.63) is 23.9 Å². The molecule has 0 bridgehead atoms. The van der Waals surface area contributed by atoms with Crippen LogP contribution in [0.1, 0.15) is 55.8 Å². The first-order valence-corrected chi connectivity index (χ1v) is 10.2. The van der Waals surface area contributed by atoms with Gasteiger partial charge in [-0.1, -0.05) is 24.6 Å². The van der Waals surface area contributed by atoms with Crippen molar-refractivity contribution in [3.8, 4) is 0 Å². The Kier molecular flexibility index (Phi) is 6.34. The molecular weight excluding hydrogens is 334 g/mol. The lowest BCUT2D eigenvalue weighted by molar-refractivity contribution is -0.130.